The van der Waals surface area contributed by atoms with Crippen LogP contribution < -0.4 is 25.4 Å². The van der Waals surface area contributed by atoms with E-state index < -0.39 is 6.03 Å². The Hall–Kier alpha value is -2.49. The first kappa shape index (κ1) is 20.8. The lowest BCUT2D eigenvalue weighted by molar-refractivity contribution is 0.210. The van der Waals surface area contributed by atoms with Crippen molar-refractivity contribution in [3.05, 3.63) is 50.6 Å². The lowest BCUT2D eigenvalue weighted by Crippen LogP contribution is -2.24. The van der Waals surface area contributed by atoms with E-state index in [1.54, 1.807) is 13.2 Å². The lowest BCUT2D eigenvalue weighted by Gasteiger charge is -2.14. The summed E-state index contributed by atoms with van der Waals surface area (Å²) in [4.78, 5) is 10.7. The molecule has 0 heterocycles. The van der Waals surface area contributed by atoms with E-state index in [1.807, 2.05) is 24.3 Å². The Balaban J connectivity index is 1.97. The highest BCUT2D eigenvalue weighted by molar-refractivity contribution is 14.1. The number of amides is 2. The van der Waals surface area contributed by atoms with E-state index in [-0.39, 0.29) is 0 Å². The molecule has 0 aliphatic heterocycles. The fraction of sp³-hybridized carbons (Fsp3) is 0.263. The Morgan fingerprint density at radius 2 is 1.93 bits per heavy atom. The number of carbonyl (C=O) groups excluding carboxylic acids is 1. The second-order valence-corrected chi connectivity index (χ2v) is 6.87. The number of nitrogens with zero attached hydrogens (tertiary/aromatic N) is 1. The number of methoxy groups -OCH3 is 1. The molecule has 2 aromatic rings. The number of carbonyl (C=O) groups is 1. The van der Waals surface area contributed by atoms with E-state index in [0.29, 0.717) is 24.7 Å². The smallest absolute Gasteiger partial charge is 0.332 e. The molecule has 144 valence electrons. The van der Waals surface area contributed by atoms with E-state index in [1.165, 1.54) is 17.3 Å². The first-order valence-electron chi connectivity index (χ1n) is 8.19. The van der Waals surface area contributed by atoms with Gasteiger partial charge in [0.1, 0.15) is 19.0 Å². The number of rotatable bonds is 8. The molecular weight excluding hydrogens is 461 g/mol. The summed E-state index contributed by atoms with van der Waals surface area (Å²) in [6.45, 7) is 4.90. The van der Waals surface area contributed by atoms with Gasteiger partial charge in [-0.05, 0) is 77.4 Å². The zero-order chi connectivity index (χ0) is 19.8. The van der Waals surface area contributed by atoms with Crippen LogP contribution in [0.2, 0.25) is 0 Å². The predicted octanol–water partition coefficient (Wildman–Crippen LogP) is 3.38. The summed E-state index contributed by atoms with van der Waals surface area (Å²) in [5.74, 6) is 2.01. The van der Waals surface area contributed by atoms with Gasteiger partial charge in [-0.15, -0.1) is 0 Å². The van der Waals surface area contributed by atoms with Crippen LogP contribution in [0.3, 0.4) is 0 Å². The highest BCUT2D eigenvalue weighted by Gasteiger charge is 2.11. The SMILES string of the molecule is COc1cc(/C=N/NC(N)=O)cc(I)c1OCCOc1ccc(C)c(C)c1. The van der Waals surface area contributed by atoms with Crippen LogP contribution in [0.1, 0.15) is 16.7 Å². The van der Waals surface area contributed by atoms with Crippen molar-refractivity contribution in [3.8, 4) is 17.2 Å². The molecule has 0 radical (unpaired) electrons. The minimum Gasteiger partial charge on any atom is -0.493 e. The zero-order valence-electron chi connectivity index (χ0n) is 15.4. The van der Waals surface area contributed by atoms with Crippen LogP contribution in [0, 0.1) is 17.4 Å². The number of hydrogen-bond donors (Lipinski definition) is 2. The molecule has 7 nitrogen and oxygen atoms in total. The molecule has 8 heteroatoms. The van der Waals surface area contributed by atoms with Gasteiger partial charge in [0.25, 0.3) is 0 Å². The monoisotopic (exact) mass is 483 g/mol. The highest BCUT2D eigenvalue weighted by atomic mass is 127. The third-order valence-electron chi connectivity index (χ3n) is 3.72. The van der Waals surface area contributed by atoms with E-state index >= 15 is 0 Å². The molecule has 0 fully saturated rings. The quantitative estimate of drug-likeness (QED) is 0.261. The molecule has 0 unspecified atom stereocenters. The first-order valence-corrected chi connectivity index (χ1v) is 9.27. The molecule has 27 heavy (non-hydrogen) atoms. The van der Waals surface area contributed by atoms with Gasteiger partial charge in [0.05, 0.1) is 16.9 Å². The molecule has 0 spiro atoms. The van der Waals surface area contributed by atoms with Gasteiger partial charge in [0.15, 0.2) is 11.5 Å². The molecule has 2 amide bonds. The summed E-state index contributed by atoms with van der Waals surface area (Å²) >= 11 is 2.15. The molecule has 0 aromatic heterocycles. The number of halogens is 1. The first-order chi connectivity index (χ1) is 12.9. The molecular formula is C19H22IN3O4. The molecule has 0 bridgehead atoms. The average Bonchev–Trinajstić information content (AvgIpc) is 2.62. The second kappa shape index (κ2) is 10.0. The van der Waals surface area contributed by atoms with Crippen molar-refractivity contribution >= 4 is 34.8 Å². The number of aryl methyl sites for hydroxylation is 2. The summed E-state index contributed by atoms with van der Waals surface area (Å²) in [5, 5.41) is 3.74. The fourth-order valence-electron chi connectivity index (χ4n) is 2.23. The van der Waals surface area contributed by atoms with Crippen LogP contribution in [0.25, 0.3) is 0 Å². The Morgan fingerprint density at radius 3 is 2.59 bits per heavy atom. The molecule has 0 atom stereocenters. The van der Waals surface area contributed by atoms with Gasteiger partial charge in [-0.1, -0.05) is 6.07 Å². The third-order valence-corrected chi connectivity index (χ3v) is 4.52. The normalized spacial score (nSPS) is 10.7. The molecule has 2 aromatic carbocycles. The maximum Gasteiger partial charge on any atom is 0.332 e. The maximum atomic E-state index is 10.7. The minimum absolute atomic E-state index is 0.371. The van der Waals surface area contributed by atoms with Crippen LogP contribution in [0.15, 0.2) is 35.4 Å². The van der Waals surface area contributed by atoms with Gasteiger partial charge >= 0.3 is 6.03 Å². The number of nitrogens with two attached hydrogens (primary N) is 1. The molecule has 0 saturated carbocycles. The number of nitrogens with one attached hydrogen (secondary N) is 1. The van der Waals surface area contributed by atoms with Crippen molar-refractivity contribution in [2.75, 3.05) is 20.3 Å². The minimum atomic E-state index is -0.725. The van der Waals surface area contributed by atoms with Crippen molar-refractivity contribution in [1.82, 2.24) is 5.43 Å². The largest absolute Gasteiger partial charge is 0.493 e. The van der Waals surface area contributed by atoms with Crippen LogP contribution in [-0.2, 0) is 0 Å². The number of ether oxygens (including phenoxy) is 3. The van der Waals surface area contributed by atoms with Crippen LogP contribution in [0.5, 0.6) is 17.2 Å². The third kappa shape index (κ3) is 6.31. The van der Waals surface area contributed by atoms with E-state index in [2.05, 4.69) is 47.0 Å². The van der Waals surface area contributed by atoms with Crippen LogP contribution in [-0.4, -0.2) is 32.6 Å². The van der Waals surface area contributed by atoms with Crippen molar-refractivity contribution < 1.29 is 19.0 Å². The summed E-state index contributed by atoms with van der Waals surface area (Å²) in [5.41, 5.74) is 10.3. The summed E-state index contributed by atoms with van der Waals surface area (Å²) in [7, 11) is 1.56. The second-order valence-electron chi connectivity index (χ2n) is 5.71. The number of primary amides is 1. The topological polar surface area (TPSA) is 95.2 Å². The highest BCUT2D eigenvalue weighted by Crippen LogP contribution is 2.33. The van der Waals surface area contributed by atoms with Gasteiger partial charge in [-0.2, -0.15) is 5.10 Å². The Bertz CT molecular complexity index is 840. The molecule has 2 rings (SSSR count). The standard InChI is InChI=1S/C19H22IN3O4/c1-12-4-5-15(8-13(12)2)26-6-7-27-18-16(20)9-14(10-17(18)25-3)11-22-23-19(21)24/h4-5,8-11H,6-7H2,1-3H3,(H3,21,23,24)/b22-11+. The van der Waals surface area contributed by atoms with Gasteiger partial charge < -0.3 is 19.9 Å². The molecule has 0 aliphatic rings. The van der Waals surface area contributed by atoms with Gasteiger partial charge in [0.2, 0.25) is 0 Å². The Labute approximate surface area is 172 Å². The number of benzene rings is 2. The van der Waals surface area contributed by atoms with Crippen molar-refractivity contribution in [1.29, 1.82) is 0 Å². The Kier molecular flexibility index (Phi) is 7.71. The van der Waals surface area contributed by atoms with Crippen LogP contribution >= 0.6 is 22.6 Å². The predicted molar refractivity (Wildman–Crippen MR) is 113 cm³/mol. The zero-order valence-corrected chi connectivity index (χ0v) is 17.6. The summed E-state index contributed by atoms with van der Waals surface area (Å²) in [6, 6.07) is 8.87. The lowest BCUT2D eigenvalue weighted by atomic mass is 10.1. The van der Waals surface area contributed by atoms with E-state index in [4.69, 9.17) is 19.9 Å². The van der Waals surface area contributed by atoms with Crippen molar-refractivity contribution in [2.24, 2.45) is 10.8 Å². The Morgan fingerprint density at radius 1 is 1.19 bits per heavy atom. The van der Waals surface area contributed by atoms with Crippen LogP contribution in [0.4, 0.5) is 4.79 Å². The number of urea groups is 1. The maximum absolute atomic E-state index is 10.7. The molecule has 3 N–H and O–H groups in total. The van der Waals surface area contributed by atoms with E-state index in [9.17, 15) is 4.79 Å². The number of hydrazone groups is 1. The number of hydrogen-bond acceptors (Lipinski definition) is 5. The molecule has 0 saturated heterocycles. The van der Waals surface area contributed by atoms with Gasteiger partial charge in [-0.25, -0.2) is 10.2 Å². The average molecular weight is 483 g/mol. The summed E-state index contributed by atoms with van der Waals surface area (Å²) in [6.07, 6.45) is 1.47. The van der Waals surface area contributed by atoms with Gasteiger partial charge in [-0.3, -0.25) is 0 Å². The van der Waals surface area contributed by atoms with Crippen molar-refractivity contribution in [3.63, 3.8) is 0 Å². The molecule has 0 aliphatic carbocycles. The summed E-state index contributed by atoms with van der Waals surface area (Å²) < 4.78 is 17.8. The van der Waals surface area contributed by atoms with E-state index in [0.717, 1.165) is 14.9 Å². The van der Waals surface area contributed by atoms with Crippen molar-refractivity contribution in [2.45, 2.75) is 13.8 Å². The van der Waals surface area contributed by atoms with Gasteiger partial charge in [0, 0.05) is 0 Å². The fourth-order valence-corrected chi connectivity index (χ4v) is 3.01.